The number of rotatable bonds is 5. The molecule has 0 amide bonds. The molecule has 7 nitrogen and oxygen atoms in total. The number of aromatic amines is 1. The highest BCUT2D eigenvalue weighted by molar-refractivity contribution is 6.58. The highest BCUT2D eigenvalue weighted by atomic mass is 16.5. The average molecular weight is 466 g/mol. The Kier molecular flexibility index (Phi) is 7.45. The van der Waals surface area contributed by atoms with E-state index in [4.69, 9.17) is 19.8 Å². The number of pyridine rings is 1. The number of nitrogens with zero attached hydrogens (tertiary/aromatic N) is 2. The minimum Gasteiger partial charge on any atom is -0.497 e. The fourth-order valence-electron chi connectivity index (χ4n) is 3.73. The molecule has 0 atom stereocenters. The first-order valence-electron chi connectivity index (χ1n) is 11.2. The largest absolute Gasteiger partial charge is 0.497 e. The zero-order valence-corrected chi connectivity index (χ0v) is 19.9. The van der Waals surface area contributed by atoms with Gasteiger partial charge >= 0.3 is 7.12 Å². The number of H-pyrrole nitrogens is 1. The Morgan fingerprint density at radius 1 is 0.886 bits per heavy atom. The van der Waals surface area contributed by atoms with Gasteiger partial charge in [-0.1, -0.05) is 53.6 Å². The lowest BCUT2D eigenvalue weighted by Gasteiger charge is -2.12. The van der Waals surface area contributed by atoms with Crippen molar-refractivity contribution in [2.75, 3.05) is 12.4 Å². The molecule has 5 aromatic rings. The van der Waals surface area contributed by atoms with Gasteiger partial charge in [-0.25, -0.2) is 4.98 Å². The van der Waals surface area contributed by atoms with Crippen molar-refractivity contribution in [3.63, 3.8) is 0 Å². The predicted octanol–water partition coefficient (Wildman–Crippen LogP) is 4.36. The lowest BCUT2D eigenvalue weighted by molar-refractivity contribution is 0.415. The molecule has 0 saturated heterocycles. The number of hydrogen-bond donors (Lipinski definition) is 4. The van der Waals surface area contributed by atoms with E-state index in [-0.39, 0.29) is 0 Å². The van der Waals surface area contributed by atoms with E-state index >= 15 is 0 Å². The SMILES string of the molecule is COc1ccc2c(-c3cccc(C)c3)nc(Nc3ccn[nH]3)cc2c1.Cc1cccc(B(O)O)c1. The molecule has 3 aromatic carbocycles. The maximum atomic E-state index is 8.70. The Balaban J connectivity index is 0.000000243. The molecule has 0 aliphatic heterocycles. The van der Waals surface area contributed by atoms with Gasteiger partial charge in [-0.3, -0.25) is 5.10 Å². The van der Waals surface area contributed by atoms with Crippen LogP contribution in [0.4, 0.5) is 11.6 Å². The molecule has 0 aliphatic carbocycles. The quantitative estimate of drug-likeness (QED) is 0.287. The van der Waals surface area contributed by atoms with Crippen LogP contribution in [0.5, 0.6) is 5.75 Å². The fraction of sp³-hybridized carbons (Fsp3) is 0.111. The summed E-state index contributed by atoms with van der Waals surface area (Å²) >= 11 is 0. The normalized spacial score (nSPS) is 10.4. The number of aromatic nitrogens is 3. The van der Waals surface area contributed by atoms with Gasteiger partial charge in [0.15, 0.2) is 0 Å². The Bertz CT molecular complexity index is 1420. The van der Waals surface area contributed by atoms with Crippen LogP contribution in [-0.2, 0) is 0 Å². The van der Waals surface area contributed by atoms with Crippen LogP contribution in [0.25, 0.3) is 22.0 Å². The van der Waals surface area contributed by atoms with Gasteiger partial charge in [0.05, 0.1) is 19.0 Å². The summed E-state index contributed by atoms with van der Waals surface area (Å²) in [6, 6.07) is 25.4. The Morgan fingerprint density at radius 2 is 1.66 bits per heavy atom. The zero-order chi connectivity index (χ0) is 24.8. The highest BCUT2D eigenvalue weighted by Gasteiger charge is 2.11. The summed E-state index contributed by atoms with van der Waals surface area (Å²) in [6.07, 6.45) is 1.70. The van der Waals surface area contributed by atoms with Crippen molar-refractivity contribution < 1.29 is 14.8 Å². The maximum absolute atomic E-state index is 8.70. The third-order valence-corrected chi connectivity index (χ3v) is 5.43. The third-order valence-electron chi connectivity index (χ3n) is 5.43. The van der Waals surface area contributed by atoms with Gasteiger partial charge in [0.2, 0.25) is 0 Å². The molecule has 0 spiro atoms. The molecule has 8 heteroatoms. The standard InChI is InChI=1S/C20H18N4O.C7H9BO2/c1-13-4-3-5-14(10-13)20-17-7-6-16(25-2)11-15(17)12-19(23-20)22-18-8-9-21-24-18;1-6-3-2-4-7(5-6)8(9)10/h3-12H,1-2H3,(H2,21,22,23,24);2-5,9-10H,1H3. The summed E-state index contributed by atoms with van der Waals surface area (Å²) in [5.41, 5.74) is 4.80. The van der Waals surface area contributed by atoms with Gasteiger partial charge in [0.25, 0.3) is 0 Å². The second-order valence-electron chi connectivity index (χ2n) is 8.20. The summed E-state index contributed by atoms with van der Waals surface area (Å²) in [5, 5.41) is 29.7. The first-order valence-corrected chi connectivity index (χ1v) is 11.2. The number of nitrogens with one attached hydrogen (secondary N) is 2. The van der Waals surface area contributed by atoms with Gasteiger partial charge in [0.1, 0.15) is 17.4 Å². The summed E-state index contributed by atoms with van der Waals surface area (Å²) in [5.74, 6) is 2.37. The summed E-state index contributed by atoms with van der Waals surface area (Å²) < 4.78 is 5.38. The van der Waals surface area contributed by atoms with Crippen LogP contribution in [0, 0.1) is 13.8 Å². The molecule has 0 radical (unpaired) electrons. The van der Waals surface area contributed by atoms with Gasteiger partial charge in [-0.15, -0.1) is 0 Å². The minimum atomic E-state index is -1.35. The highest BCUT2D eigenvalue weighted by Crippen LogP contribution is 2.32. The van der Waals surface area contributed by atoms with Crippen molar-refractivity contribution >= 4 is 35.0 Å². The van der Waals surface area contributed by atoms with Crippen LogP contribution < -0.4 is 15.5 Å². The molecular weight excluding hydrogens is 439 g/mol. The fourth-order valence-corrected chi connectivity index (χ4v) is 3.73. The molecule has 5 rings (SSSR count). The van der Waals surface area contributed by atoms with Crippen molar-refractivity contribution in [3.8, 4) is 17.0 Å². The van der Waals surface area contributed by atoms with Crippen molar-refractivity contribution in [3.05, 3.63) is 96.2 Å². The van der Waals surface area contributed by atoms with Crippen LogP contribution in [0.1, 0.15) is 11.1 Å². The molecule has 4 N–H and O–H groups in total. The molecule has 0 bridgehead atoms. The summed E-state index contributed by atoms with van der Waals surface area (Å²) in [6.45, 7) is 3.99. The van der Waals surface area contributed by atoms with Crippen molar-refractivity contribution in [1.29, 1.82) is 0 Å². The van der Waals surface area contributed by atoms with E-state index in [1.54, 1.807) is 31.5 Å². The molecule has 0 unspecified atom stereocenters. The number of anilines is 2. The Labute approximate surface area is 204 Å². The lowest BCUT2D eigenvalue weighted by atomic mass is 9.80. The topological polar surface area (TPSA) is 103 Å². The molecular formula is C27H27BN4O3. The predicted molar refractivity (Wildman–Crippen MR) is 141 cm³/mol. The van der Waals surface area contributed by atoms with Crippen LogP contribution in [-0.4, -0.2) is 39.5 Å². The van der Waals surface area contributed by atoms with E-state index in [1.807, 2.05) is 37.3 Å². The second-order valence-corrected chi connectivity index (χ2v) is 8.20. The first kappa shape index (κ1) is 24.0. The van der Waals surface area contributed by atoms with Crippen LogP contribution in [0.2, 0.25) is 0 Å². The average Bonchev–Trinajstić information content (AvgIpc) is 3.36. The number of fused-ring (bicyclic) bond motifs is 1. The van der Waals surface area contributed by atoms with Crippen LogP contribution in [0.15, 0.2) is 85.1 Å². The number of aryl methyl sites for hydroxylation is 2. The number of methoxy groups -OCH3 is 1. The molecule has 2 heterocycles. The van der Waals surface area contributed by atoms with Crippen LogP contribution in [0.3, 0.4) is 0 Å². The van der Waals surface area contributed by atoms with Gasteiger partial charge < -0.3 is 20.1 Å². The van der Waals surface area contributed by atoms with Crippen molar-refractivity contribution in [2.24, 2.45) is 0 Å². The maximum Gasteiger partial charge on any atom is 0.488 e. The van der Waals surface area contributed by atoms with Crippen molar-refractivity contribution in [1.82, 2.24) is 15.2 Å². The van der Waals surface area contributed by atoms with E-state index in [0.717, 1.165) is 45.0 Å². The van der Waals surface area contributed by atoms with E-state index < -0.39 is 7.12 Å². The summed E-state index contributed by atoms with van der Waals surface area (Å²) in [4.78, 5) is 4.84. The Morgan fingerprint density at radius 3 is 2.29 bits per heavy atom. The molecule has 2 aromatic heterocycles. The summed E-state index contributed by atoms with van der Waals surface area (Å²) in [7, 11) is 0.327. The third kappa shape index (κ3) is 6.06. The smallest absolute Gasteiger partial charge is 0.488 e. The molecule has 176 valence electrons. The number of benzene rings is 3. The second kappa shape index (κ2) is 10.9. The minimum absolute atomic E-state index is 0.542. The molecule has 35 heavy (non-hydrogen) atoms. The van der Waals surface area contributed by atoms with Crippen molar-refractivity contribution in [2.45, 2.75) is 13.8 Å². The number of ether oxygens (including phenoxy) is 1. The van der Waals surface area contributed by atoms with Gasteiger partial charge in [0, 0.05) is 17.0 Å². The number of hydrogen-bond acceptors (Lipinski definition) is 6. The zero-order valence-electron chi connectivity index (χ0n) is 19.9. The van der Waals surface area contributed by atoms with E-state index in [9.17, 15) is 0 Å². The molecule has 0 saturated carbocycles. The first-order chi connectivity index (χ1) is 16.9. The van der Waals surface area contributed by atoms with E-state index in [0.29, 0.717) is 5.46 Å². The monoisotopic (exact) mass is 466 g/mol. The van der Waals surface area contributed by atoms with Gasteiger partial charge in [-0.2, -0.15) is 5.10 Å². The Hall–Kier alpha value is -4.14. The van der Waals surface area contributed by atoms with Crippen LogP contribution >= 0.6 is 0 Å². The molecule has 0 fully saturated rings. The van der Waals surface area contributed by atoms with E-state index in [1.165, 1.54) is 5.56 Å². The molecule has 0 aliphatic rings. The lowest BCUT2D eigenvalue weighted by Crippen LogP contribution is -2.29. The van der Waals surface area contributed by atoms with Gasteiger partial charge in [-0.05, 0) is 55.0 Å². The van der Waals surface area contributed by atoms with E-state index in [2.05, 4.69) is 52.8 Å².